The molecule has 1 aromatic heterocycles. The number of hydrogen-bond acceptors (Lipinski definition) is 7. The number of para-hydroxylation sites is 1. The molecule has 0 amide bonds. The van der Waals surface area contributed by atoms with Crippen LogP contribution in [0.25, 0.3) is 0 Å². The number of aryl methyl sites for hydroxylation is 1. The summed E-state index contributed by atoms with van der Waals surface area (Å²) in [6.45, 7) is 3.33. The van der Waals surface area contributed by atoms with Crippen LogP contribution in [0.2, 0.25) is 0 Å². The number of esters is 1. The molecule has 24 heavy (non-hydrogen) atoms. The second-order valence-corrected chi connectivity index (χ2v) is 5.15. The molecule has 2 aromatic rings. The quantitative estimate of drug-likeness (QED) is 0.568. The van der Waals surface area contributed by atoms with Gasteiger partial charge in [-0.15, -0.1) is 0 Å². The minimum atomic E-state index is -0.413. The van der Waals surface area contributed by atoms with E-state index in [-0.39, 0.29) is 0 Å². The molecule has 2 N–H and O–H groups in total. The number of methoxy groups -OCH3 is 2. The number of benzene rings is 1. The maximum absolute atomic E-state index is 11.8. The Labute approximate surface area is 141 Å². The Morgan fingerprint density at radius 2 is 2.00 bits per heavy atom. The number of nitrogens with zero attached hydrogens (tertiary/aromatic N) is 2. The fraction of sp³-hybridized carbons (Fsp3) is 0.353. The van der Waals surface area contributed by atoms with E-state index in [0.29, 0.717) is 23.8 Å². The molecule has 0 aliphatic heterocycles. The van der Waals surface area contributed by atoms with E-state index in [1.807, 2.05) is 19.1 Å². The van der Waals surface area contributed by atoms with Crippen molar-refractivity contribution in [3.8, 4) is 0 Å². The van der Waals surface area contributed by atoms with Crippen LogP contribution in [0.15, 0.2) is 30.3 Å². The van der Waals surface area contributed by atoms with Crippen molar-refractivity contribution >= 4 is 23.4 Å². The summed E-state index contributed by atoms with van der Waals surface area (Å²) in [4.78, 5) is 20.6. The molecule has 128 valence electrons. The first-order valence-corrected chi connectivity index (χ1v) is 7.67. The summed E-state index contributed by atoms with van der Waals surface area (Å²) in [5.74, 6) is 0.723. The van der Waals surface area contributed by atoms with E-state index in [1.54, 1.807) is 25.3 Å². The van der Waals surface area contributed by atoms with E-state index < -0.39 is 5.97 Å². The van der Waals surface area contributed by atoms with Gasteiger partial charge in [-0.1, -0.05) is 12.1 Å². The zero-order valence-corrected chi connectivity index (χ0v) is 14.1. The maximum Gasteiger partial charge on any atom is 0.339 e. The molecule has 0 radical (unpaired) electrons. The molecule has 1 aromatic carbocycles. The molecule has 7 heteroatoms. The first-order chi connectivity index (χ1) is 11.6. The summed E-state index contributed by atoms with van der Waals surface area (Å²) >= 11 is 0. The van der Waals surface area contributed by atoms with Gasteiger partial charge in [-0.05, 0) is 25.5 Å². The van der Waals surface area contributed by atoms with Crippen LogP contribution in [0.5, 0.6) is 0 Å². The predicted octanol–water partition coefficient (Wildman–Crippen LogP) is 2.76. The summed E-state index contributed by atoms with van der Waals surface area (Å²) in [6, 6.07) is 8.94. The van der Waals surface area contributed by atoms with Crippen molar-refractivity contribution in [1.82, 2.24) is 9.97 Å². The highest BCUT2D eigenvalue weighted by Gasteiger charge is 2.12. The second kappa shape index (κ2) is 8.83. The van der Waals surface area contributed by atoms with Crippen molar-refractivity contribution in [2.24, 2.45) is 0 Å². The number of ether oxygens (including phenoxy) is 2. The van der Waals surface area contributed by atoms with Gasteiger partial charge in [-0.3, -0.25) is 0 Å². The number of rotatable bonds is 8. The van der Waals surface area contributed by atoms with Crippen LogP contribution in [-0.4, -0.2) is 43.3 Å². The van der Waals surface area contributed by atoms with E-state index >= 15 is 0 Å². The highest BCUT2D eigenvalue weighted by atomic mass is 16.5. The van der Waals surface area contributed by atoms with Crippen LogP contribution < -0.4 is 10.6 Å². The number of nitrogens with one attached hydrogen (secondary N) is 2. The first kappa shape index (κ1) is 17.7. The third-order valence-corrected chi connectivity index (χ3v) is 3.26. The van der Waals surface area contributed by atoms with E-state index in [1.165, 1.54) is 7.11 Å². The average molecular weight is 330 g/mol. The lowest BCUT2D eigenvalue weighted by molar-refractivity contribution is 0.0602. The van der Waals surface area contributed by atoms with Crippen LogP contribution in [0.4, 0.5) is 17.5 Å². The van der Waals surface area contributed by atoms with Crippen molar-refractivity contribution in [3.05, 3.63) is 41.6 Å². The molecule has 0 atom stereocenters. The van der Waals surface area contributed by atoms with Crippen molar-refractivity contribution in [2.75, 3.05) is 38.0 Å². The van der Waals surface area contributed by atoms with Crippen molar-refractivity contribution in [1.29, 1.82) is 0 Å². The van der Waals surface area contributed by atoms with Gasteiger partial charge in [0, 0.05) is 32.0 Å². The Morgan fingerprint density at radius 1 is 1.21 bits per heavy atom. The number of carbonyl (C=O) groups is 1. The Balaban J connectivity index is 2.15. The molecule has 0 saturated heterocycles. The van der Waals surface area contributed by atoms with Gasteiger partial charge in [0.2, 0.25) is 5.95 Å². The summed E-state index contributed by atoms with van der Waals surface area (Å²) < 4.78 is 9.82. The fourth-order valence-corrected chi connectivity index (χ4v) is 2.15. The Bertz CT molecular complexity index is 691. The van der Waals surface area contributed by atoms with E-state index in [9.17, 15) is 4.79 Å². The smallest absolute Gasteiger partial charge is 0.339 e. The predicted molar refractivity (Wildman–Crippen MR) is 92.8 cm³/mol. The van der Waals surface area contributed by atoms with Crippen molar-refractivity contribution < 1.29 is 14.3 Å². The summed E-state index contributed by atoms with van der Waals surface area (Å²) in [7, 11) is 3.03. The third-order valence-electron chi connectivity index (χ3n) is 3.26. The Morgan fingerprint density at radius 3 is 2.75 bits per heavy atom. The number of anilines is 3. The molecule has 2 rings (SSSR count). The lowest BCUT2D eigenvalue weighted by Gasteiger charge is -2.12. The zero-order valence-electron chi connectivity index (χ0n) is 14.1. The normalized spacial score (nSPS) is 10.3. The average Bonchev–Trinajstić information content (AvgIpc) is 2.58. The molecule has 0 aliphatic rings. The monoisotopic (exact) mass is 330 g/mol. The molecular formula is C17H22N4O3. The zero-order chi connectivity index (χ0) is 17.4. The van der Waals surface area contributed by atoms with E-state index in [0.717, 1.165) is 24.5 Å². The third kappa shape index (κ3) is 4.92. The summed E-state index contributed by atoms with van der Waals surface area (Å²) in [6.07, 6.45) is 0.882. The van der Waals surface area contributed by atoms with Crippen LogP contribution in [0.1, 0.15) is 22.5 Å². The SMILES string of the molecule is COCCCNc1cc(C)nc(Nc2ccccc2C(=O)OC)n1. The van der Waals surface area contributed by atoms with Crippen molar-refractivity contribution in [2.45, 2.75) is 13.3 Å². The van der Waals surface area contributed by atoms with Gasteiger partial charge in [0.05, 0.1) is 18.4 Å². The Kier molecular flexibility index (Phi) is 6.51. The molecule has 0 bridgehead atoms. The highest BCUT2D eigenvalue weighted by molar-refractivity contribution is 5.96. The van der Waals surface area contributed by atoms with Gasteiger partial charge in [0.1, 0.15) is 5.82 Å². The van der Waals surface area contributed by atoms with Gasteiger partial charge in [-0.25, -0.2) is 9.78 Å². The van der Waals surface area contributed by atoms with Crippen LogP contribution >= 0.6 is 0 Å². The van der Waals surface area contributed by atoms with Crippen LogP contribution in [0.3, 0.4) is 0 Å². The van der Waals surface area contributed by atoms with Gasteiger partial charge in [-0.2, -0.15) is 4.98 Å². The van der Waals surface area contributed by atoms with Crippen LogP contribution in [0, 0.1) is 6.92 Å². The summed E-state index contributed by atoms with van der Waals surface area (Å²) in [5, 5.41) is 6.32. The second-order valence-electron chi connectivity index (χ2n) is 5.15. The molecular weight excluding hydrogens is 308 g/mol. The topological polar surface area (TPSA) is 85.4 Å². The minimum Gasteiger partial charge on any atom is -0.465 e. The number of carbonyl (C=O) groups excluding carboxylic acids is 1. The number of aromatic nitrogens is 2. The molecule has 0 unspecified atom stereocenters. The standard InChI is InChI=1S/C17H22N4O3/c1-12-11-15(18-9-6-10-23-2)21-17(19-12)20-14-8-5-4-7-13(14)16(22)24-3/h4-5,7-8,11H,6,9-10H2,1-3H3,(H2,18,19,20,21). The largest absolute Gasteiger partial charge is 0.465 e. The van der Waals surface area contributed by atoms with Gasteiger partial charge in [0.15, 0.2) is 0 Å². The van der Waals surface area contributed by atoms with Gasteiger partial charge in [0.25, 0.3) is 0 Å². The van der Waals surface area contributed by atoms with Gasteiger partial charge >= 0.3 is 5.97 Å². The van der Waals surface area contributed by atoms with Gasteiger partial charge < -0.3 is 20.1 Å². The van der Waals surface area contributed by atoms with Crippen molar-refractivity contribution in [3.63, 3.8) is 0 Å². The highest BCUT2D eigenvalue weighted by Crippen LogP contribution is 2.20. The molecule has 7 nitrogen and oxygen atoms in total. The molecule has 0 fully saturated rings. The molecule has 1 heterocycles. The number of hydrogen-bond donors (Lipinski definition) is 2. The Hall–Kier alpha value is -2.67. The lowest BCUT2D eigenvalue weighted by atomic mass is 10.2. The first-order valence-electron chi connectivity index (χ1n) is 7.67. The molecule has 0 saturated carbocycles. The lowest BCUT2D eigenvalue weighted by Crippen LogP contribution is -2.10. The van der Waals surface area contributed by atoms with E-state index in [2.05, 4.69) is 20.6 Å². The molecule has 0 spiro atoms. The molecule has 0 aliphatic carbocycles. The fourth-order valence-electron chi connectivity index (χ4n) is 2.15. The maximum atomic E-state index is 11.8. The van der Waals surface area contributed by atoms with Crippen LogP contribution in [-0.2, 0) is 9.47 Å². The minimum absolute atomic E-state index is 0.413. The summed E-state index contributed by atoms with van der Waals surface area (Å²) in [5.41, 5.74) is 1.84. The van der Waals surface area contributed by atoms with E-state index in [4.69, 9.17) is 9.47 Å².